The quantitative estimate of drug-likeness (QED) is 0.743. The summed E-state index contributed by atoms with van der Waals surface area (Å²) in [6.07, 6.45) is 1.71. The third kappa shape index (κ3) is 2.54. The van der Waals surface area contributed by atoms with Crippen molar-refractivity contribution in [3.63, 3.8) is 0 Å². The van der Waals surface area contributed by atoms with E-state index in [1.165, 1.54) is 10.4 Å². The van der Waals surface area contributed by atoms with E-state index in [1.807, 2.05) is 18.2 Å². The Kier molecular flexibility index (Phi) is 4.48. The molecular formula is C21H24O2Si. The molecule has 2 aromatic carbocycles. The molecule has 0 saturated heterocycles. The molecule has 2 nitrogen and oxygen atoms in total. The Balaban J connectivity index is 2.43. The molecule has 0 unspecified atom stereocenters. The molecule has 3 heteroatoms. The van der Waals surface area contributed by atoms with Gasteiger partial charge in [-0.2, -0.15) is 0 Å². The molecule has 0 amide bonds. The summed E-state index contributed by atoms with van der Waals surface area (Å²) in [7, 11) is -2.47. The van der Waals surface area contributed by atoms with Crippen LogP contribution in [-0.4, -0.2) is 13.2 Å². The summed E-state index contributed by atoms with van der Waals surface area (Å²) < 4.78 is 6.06. The van der Waals surface area contributed by atoms with E-state index in [4.69, 9.17) is 4.42 Å². The molecule has 1 heterocycles. The first-order chi connectivity index (χ1) is 11.5. The summed E-state index contributed by atoms with van der Waals surface area (Å²) in [4.78, 5) is 0. The van der Waals surface area contributed by atoms with Crippen LogP contribution in [0.5, 0.6) is 0 Å². The average molecular weight is 337 g/mol. The van der Waals surface area contributed by atoms with Crippen LogP contribution < -0.4 is 15.8 Å². The number of furan rings is 1. The predicted molar refractivity (Wildman–Crippen MR) is 102 cm³/mol. The molecule has 0 radical (unpaired) electrons. The van der Waals surface area contributed by atoms with Crippen LogP contribution in [0.4, 0.5) is 0 Å². The average Bonchev–Trinajstić information content (AvgIpc) is 3.05. The summed E-state index contributed by atoms with van der Waals surface area (Å²) in [5.41, 5.74) is 0.893. The smallest absolute Gasteiger partial charge is 0.198 e. The van der Waals surface area contributed by atoms with Gasteiger partial charge in [-0.05, 0) is 21.5 Å². The minimum absolute atomic E-state index is 0.00364. The molecule has 0 saturated carbocycles. The third-order valence-corrected chi connectivity index (χ3v) is 10.6. The number of hydrogen-bond donors (Lipinski definition) is 1. The van der Waals surface area contributed by atoms with E-state index in [2.05, 4.69) is 69.3 Å². The molecule has 1 N–H and O–H groups in total. The second-order valence-electron chi connectivity index (χ2n) is 7.17. The van der Waals surface area contributed by atoms with Gasteiger partial charge in [-0.25, -0.2) is 0 Å². The summed E-state index contributed by atoms with van der Waals surface area (Å²) >= 11 is 0. The molecule has 0 aliphatic heterocycles. The van der Waals surface area contributed by atoms with Gasteiger partial charge in [-0.1, -0.05) is 81.4 Å². The van der Waals surface area contributed by atoms with Crippen molar-refractivity contribution in [3.05, 3.63) is 78.6 Å². The number of aliphatic hydroxyl groups excluding tert-OH is 1. The summed E-state index contributed by atoms with van der Waals surface area (Å²) in [6.45, 7) is 6.84. The fourth-order valence-corrected chi connectivity index (χ4v) is 9.35. The molecule has 0 bridgehead atoms. The minimum atomic E-state index is -2.47. The number of benzene rings is 2. The molecule has 0 atom stereocenters. The van der Waals surface area contributed by atoms with Crippen molar-refractivity contribution in [2.75, 3.05) is 0 Å². The zero-order chi connectivity index (χ0) is 17.2. The van der Waals surface area contributed by atoms with Gasteiger partial charge in [0.15, 0.2) is 8.07 Å². The maximum absolute atomic E-state index is 9.89. The van der Waals surface area contributed by atoms with Gasteiger partial charge in [0.25, 0.3) is 0 Å². The SMILES string of the molecule is CC(C)(C)[Si](c1ccccc1)(c1ccccc1)c1occc1CO. The van der Waals surface area contributed by atoms with Crippen molar-refractivity contribution in [3.8, 4) is 0 Å². The Bertz CT molecular complexity index is 746. The van der Waals surface area contributed by atoms with Crippen LogP contribution >= 0.6 is 0 Å². The first kappa shape index (κ1) is 16.7. The van der Waals surface area contributed by atoms with Crippen LogP contribution in [0.1, 0.15) is 26.3 Å². The van der Waals surface area contributed by atoms with E-state index in [1.54, 1.807) is 6.26 Å². The van der Waals surface area contributed by atoms with E-state index in [0.717, 1.165) is 10.9 Å². The van der Waals surface area contributed by atoms with E-state index in [0.29, 0.717) is 0 Å². The third-order valence-electron chi connectivity index (χ3n) is 4.80. The lowest BCUT2D eigenvalue weighted by molar-refractivity contribution is 0.282. The van der Waals surface area contributed by atoms with Crippen molar-refractivity contribution in [1.82, 2.24) is 0 Å². The highest BCUT2D eigenvalue weighted by Crippen LogP contribution is 2.36. The van der Waals surface area contributed by atoms with Crippen molar-refractivity contribution in [1.29, 1.82) is 0 Å². The molecule has 0 spiro atoms. The Morgan fingerprint density at radius 3 is 1.75 bits per heavy atom. The zero-order valence-corrected chi connectivity index (χ0v) is 15.5. The van der Waals surface area contributed by atoms with Gasteiger partial charge in [0.2, 0.25) is 0 Å². The number of hydrogen-bond acceptors (Lipinski definition) is 2. The highest BCUT2D eigenvalue weighted by Gasteiger charge is 2.52. The van der Waals surface area contributed by atoms with Gasteiger partial charge in [0, 0.05) is 5.56 Å². The highest BCUT2D eigenvalue weighted by molar-refractivity contribution is 7.12. The van der Waals surface area contributed by atoms with Gasteiger partial charge in [-0.15, -0.1) is 0 Å². The second kappa shape index (κ2) is 6.42. The topological polar surface area (TPSA) is 33.4 Å². The monoisotopic (exact) mass is 336 g/mol. The van der Waals surface area contributed by atoms with Gasteiger partial charge in [-0.3, -0.25) is 0 Å². The molecule has 3 rings (SSSR count). The van der Waals surface area contributed by atoms with Crippen molar-refractivity contribution < 1.29 is 9.52 Å². The lowest BCUT2D eigenvalue weighted by Crippen LogP contribution is -2.72. The maximum Gasteiger partial charge on any atom is 0.198 e. The molecule has 1 aromatic heterocycles. The molecular weight excluding hydrogens is 312 g/mol. The van der Waals surface area contributed by atoms with Crippen LogP contribution in [0.25, 0.3) is 0 Å². The second-order valence-corrected chi connectivity index (χ2v) is 11.8. The zero-order valence-electron chi connectivity index (χ0n) is 14.5. The van der Waals surface area contributed by atoms with Crippen LogP contribution in [0.15, 0.2) is 77.4 Å². The Morgan fingerprint density at radius 2 is 1.33 bits per heavy atom. The van der Waals surface area contributed by atoms with Crippen molar-refractivity contribution in [2.24, 2.45) is 0 Å². The lowest BCUT2D eigenvalue weighted by Gasteiger charge is -2.42. The molecule has 3 aromatic rings. The maximum atomic E-state index is 9.89. The molecule has 0 fully saturated rings. The predicted octanol–water partition coefficient (Wildman–Crippen LogP) is 3.04. The van der Waals surface area contributed by atoms with Crippen LogP contribution in [0.2, 0.25) is 5.04 Å². The number of aliphatic hydroxyl groups is 1. The Hall–Kier alpha value is -2.10. The minimum Gasteiger partial charge on any atom is -0.473 e. The molecule has 0 aliphatic carbocycles. The largest absolute Gasteiger partial charge is 0.473 e. The van der Waals surface area contributed by atoms with Crippen molar-refractivity contribution >= 4 is 23.8 Å². The Morgan fingerprint density at radius 1 is 0.833 bits per heavy atom. The van der Waals surface area contributed by atoms with Crippen LogP contribution in [0, 0.1) is 0 Å². The van der Waals surface area contributed by atoms with Gasteiger partial charge >= 0.3 is 0 Å². The van der Waals surface area contributed by atoms with Crippen LogP contribution in [-0.2, 0) is 6.61 Å². The van der Waals surface area contributed by atoms with Crippen LogP contribution in [0.3, 0.4) is 0 Å². The summed E-state index contributed by atoms with van der Waals surface area (Å²) in [5, 5.41) is 13.4. The van der Waals surface area contributed by atoms with Gasteiger partial charge < -0.3 is 9.52 Å². The number of rotatable bonds is 4. The highest BCUT2D eigenvalue weighted by atomic mass is 28.3. The first-order valence-corrected chi connectivity index (χ1v) is 10.3. The van der Waals surface area contributed by atoms with Crippen molar-refractivity contribution in [2.45, 2.75) is 32.4 Å². The molecule has 124 valence electrons. The van der Waals surface area contributed by atoms with E-state index in [-0.39, 0.29) is 11.6 Å². The fraction of sp³-hybridized carbons (Fsp3) is 0.238. The Labute approximate surface area is 144 Å². The first-order valence-electron chi connectivity index (χ1n) is 8.30. The lowest BCUT2D eigenvalue weighted by atomic mass is 10.2. The van der Waals surface area contributed by atoms with E-state index >= 15 is 0 Å². The normalized spacial score (nSPS) is 12.3. The standard InChI is InChI=1S/C21H24O2Si/c1-21(2,3)24(18-10-6-4-7-11-18,19-12-8-5-9-13-19)20-17(16-22)14-15-23-20/h4-15,22H,16H2,1-3H3. The van der Waals surface area contributed by atoms with E-state index < -0.39 is 8.07 Å². The fourth-order valence-electron chi connectivity index (χ4n) is 3.80. The van der Waals surface area contributed by atoms with Gasteiger partial charge in [0.05, 0.1) is 18.3 Å². The van der Waals surface area contributed by atoms with E-state index in [9.17, 15) is 5.11 Å². The summed E-state index contributed by atoms with van der Waals surface area (Å²) in [6, 6.07) is 23.2. The van der Waals surface area contributed by atoms with Gasteiger partial charge in [0.1, 0.15) is 0 Å². The molecule has 24 heavy (non-hydrogen) atoms. The molecule has 0 aliphatic rings. The summed E-state index contributed by atoms with van der Waals surface area (Å²) in [5.74, 6) is 0.